The van der Waals surface area contributed by atoms with Crippen molar-refractivity contribution in [2.75, 3.05) is 38.7 Å². The molecule has 0 saturated heterocycles. The molecule has 0 fully saturated rings. The Hall–Kier alpha value is -2.37. The smallest absolute Gasteiger partial charge is 0.389 e. The van der Waals surface area contributed by atoms with Crippen LogP contribution in [0.4, 0.5) is 18.9 Å². The maximum atomic E-state index is 13.8. The van der Waals surface area contributed by atoms with Gasteiger partial charge in [-0.1, -0.05) is 6.92 Å². The Bertz CT molecular complexity index is 884. The number of halogens is 3. The number of rotatable bonds is 7. The number of anilines is 1. The molecule has 8 nitrogen and oxygen atoms in total. The van der Waals surface area contributed by atoms with Gasteiger partial charge in [0.05, 0.1) is 36.8 Å². The van der Waals surface area contributed by atoms with Crippen molar-refractivity contribution in [2.45, 2.75) is 77.3 Å². The van der Waals surface area contributed by atoms with Gasteiger partial charge in [-0.3, -0.25) is 9.59 Å². The van der Waals surface area contributed by atoms with Gasteiger partial charge < -0.3 is 30.1 Å². The molecule has 1 heterocycles. The molecule has 1 aromatic carbocycles. The minimum Gasteiger partial charge on any atom is -0.490 e. The van der Waals surface area contributed by atoms with Crippen LogP contribution in [-0.2, 0) is 9.53 Å². The van der Waals surface area contributed by atoms with Gasteiger partial charge in [0.25, 0.3) is 5.91 Å². The van der Waals surface area contributed by atoms with Crippen LogP contribution in [0.2, 0.25) is 0 Å². The third-order valence-electron chi connectivity index (χ3n) is 6.38. The van der Waals surface area contributed by atoms with E-state index in [2.05, 4.69) is 10.6 Å². The van der Waals surface area contributed by atoms with E-state index in [-0.39, 0.29) is 36.0 Å². The van der Waals surface area contributed by atoms with Gasteiger partial charge in [0, 0.05) is 37.7 Å². The molecule has 3 N–H and O–H groups in total. The van der Waals surface area contributed by atoms with Crippen molar-refractivity contribution in [3.63, 3.8) is 0 Å². The topological polar surface area (TPSA) is 100 Å². The molecule has 210 valence electrons. The minimum absolute atomic E-state index is 0.0677. The van der Waals surface area contributed by atoms with Gasteiger partial charge in [-0.05, 0) is 58.4 Å². The van der Waals surface area contributed by atoms with E-state index < -0.39 is 36.9 Å². The molecule has 4 atom stereocenters. The second-order valence-electron chi connectivity index (χ2n) is 9.73. The number of hydrogen-bond donors (Lipinski definition) is 3. The van der Waals surface area contributed by atoms with Crippen molar-refractivity contribution < 1.29 is 37.3 Å². The number of carbonyl (C=O) groups is 2. The third-order valence-corrected chi connectivity index (χ3v) is 6.38. The first-order valence-electron chi connectivity index (χ1n) is 12.8. The lowest BCUT2D eigenvalue weighted by molar-refractivity contribution is -0.142. The zero-order valence-corrected chi connectivity index (χ0v) is 22.1. The lowest BCUT2D eigenvalue weighted by atomic mass is 10.0. The lowest BCUT2D eigenvalue weighted by Gasteiger charge is -2.34. The molecule has 0 unspecified atom stereocenters. The van der Waals surface area contributed by atoms with E-state index in [0.29, 0.717) is 25.4 Å². The zero-order valence-electron chi connectivity index (χ0n) is 22.1. The fraction of sp³-hybridized carbons (Fsp3) is 0.692. The number of nitrogens with zero attached hydrogens (tertiary/aromatic N) is 1. The molecule has 1 aliphatic rings. The number of amides is 2. The molecule has 0 radical (unpaired) electrons. The fourth-order valence-electron chi connectivity index (χ4n) is 4.17. The Morgan fingerprint density at radius 1 is 1.27 bits per heavy atom. The van der Waals surface area contributed by atoms with Crippen LogP contribution in [0.15, 0.2) is 18.2 Å². The van der Waals surface area contributed by atoms with Gasteiger partial charge in [0.15, 0.2) is 0 Å². The highest BCUT2D eigenvalue weighted by Crippen LogP contribution is 2.29. The first kappa shape index (κ1) is 30.9. The summed E-state index contributed by atoms with van der Waals surface area (Å²) in [5.74, 6) is -0.973. The average Bonchev–Trinajstić information content (AvgIpc) is 2.84. The molecule has 37 heavy (non-hydrogen) atoms. The van der Waals surface area contributed by atoms with E-state index >= 15 is 0 Å². The van der Waals surface area contributed by atoms with Crippen LogP contribution in [0.3, 0.4) is 0 Å². The second-order valence-corrected chi connectivity index (χ2v) is 9.73. The summed E-state index contributed by atoms with van der Waals surface area (Å²) < 4.78 is 49.8. The number of fused-ring (bicyclic) bond motifs is 1. The molecule has 0 bridgehead atoms. The Labute approximate surface area is 216 Å². The summed E-state index contributed by atoms with van der Waals surface area (Å²) in [5.41, 5.74) is 0.355. The van der Waals surface area contributed by atoms with Gasteiger partial charge >= 0.3 is 6.18 Å². The van der Waals surface area contributed by atoms with E-state index in [1.165, 1.54) is 12.1 Å². The van der Waals surface area contributed by atoms with Gasteiger partial charge in [0.1, 0.15) is 5.75 Å². The monoisotopic (exact) mass is 531 g/mol. The fourth-order valence-corrected chi connectivity index (χ4v) is 4.17. The van der Waals surface area contributed by atoms with Crippen molar-refractivity contribution in [3.05, 3.63) is 23.8 Å². The molecule has 11 heteroatoms. The SMILES string of the molecule is CNC[C@@H]1OCCCC[C@H](C)Oc2ccc(NC(=O)CCC(F)(F)F)cc2C(=O)N([C@H](C)CO)C[C@H]1C. The Morgan fingerprint density at radius 3 is 2.65 bits per heavy atom. The summed E-state index contributed by atoms with van der Waals surface area (Å²) in [6, 6.07) is 3.96. The molecule has 0 aromatic heterocycles. The number of aliphatic hydroxyl groups excluding tert-OH is 1. The third kappa shape index (κ3) is 10.1. The zero-order chi connectivity index (χ0) is 27.6. The van der Waals surface area contributed by atoms with Gasteiger partial charge in [-0.25, -0.2) is 0 Å². The maximum absolute atomic E-state index is 13.8. The van der Waals surface area contributed by atoms with Crippen LogP contribution in [0.5, 0.6) is 5.75 Å². The highest BCUT2D eigenvalue weighted by Gasteiger charge is 2.30. The quantitative estimate of drug-likeness (QED) is 0.492. The summed E-state index contributed by atoms with van der Waals surface area (Å²) >= 11 is 0. The summed E-state index contributed by atoms with van der Waals surface area (Å²) in [6.07, 6.45) is -4.31. The Kier molecular flexibility index (Phi) is 12.1. The molecular formula is C26H40F3N3O5. The Balaban J connectivity index is 2.42. The number of carbonyl (C=O) groups excluding carboxylic acids is 2. The molecule has 0 saturated carbocycles. The molecule has 1 aromatic rings. The first-order valence-corrected chi connectivity index (χ1v) is 12.8. The molecule has 0 aliphatic carbocycles. The number of nitrogens with one attached hydrogen (secondary N) is 2. The lowest BCUT2D eigenvalue weighted by Crippen LogP contribution is -2.47. The molecular weight excluding hydrogens is 491 g/mol. The minimum atomic E-state index is -4.44. The highest BCUT2D eigenvalue weighted by atomic mass is 19.4. The normalized spacial score (nSPS) is 23.0. The number of aliphatic hydroxyl groups is 1. The van der Waals surface area contributed by atoms with Gasteiger partial charge in [0.2, 0.25) is 5.91 Å². The van der Waals surface area contributed by atoms with Crippen LogP contribution in [-0.4, -0.2) is 79.6 Å². The van der Waals surface area contributed by atoms with E-state index in [0.717, 1.165) is 19.3 Å². The number of likely N-dealkylation sites (N-methyl/N-ethyl adjacent to an activating group) is 1. The number of ether oxygens (including phenoxy) is 2. The number of benzene rings is 1. The van der Waals surface area contributed by atoms with E-state index in [4.69, 9.17) is 9.47 Å². The van der Waals surface area contributed by atoms with Crippen molar-refractivity contribution >= 4 is 17.5 Å². The van der Waals surface area contributed by atoms with Gasteiger partial charge in [-0.2, -0.15) is 13.2 Å². The molecule has 1 aliphatic heterocycles. The number of hydrogen-bond acceptors (Lipinski definition) is 6. The van der Waals surface area contributed by atoms with Crippen molar-refractivity contribution in [3.8, 4) is 5.75 Å². The summed E-state index contributed by atoms with van der Waals surface area (Å²) in [5, 5.41) is 15.5. The number of alkyl halides is 3. The van der Waals surface area contributed by atoms with Crippen LogP contribution in [0.1, 0.15) is 63.2 Å². The van der Waals surface area contributed by atoms with E-state index in [1.54, 1.807) is 17.9 Å². The predicted molar refractivity (Wildman–Crippen MR) is 135 cm³/mol. The van der Waals surface area contributed by atoms with Crippen molar-refractivity contribution in [2.24, 2.45) is 5.92 Å². The Morgan fingerprint density at radius 2 is 2.00 bits per heavy atom. The molecule has 2 amide bonds. The van der Waals surface area contributed by atoms with Crippen LogP contribution < -0.4 is 15.4 Å². The summed E-state index contributed by atoms with van der Waals surface area (Å²) in [6.45, 7) is 6.82. The van der Waals surface area contributed by atoms with Crippen molar-refractivity contribution in [1.29, 1.82) is 0 Å². The van der Waals surface area contributed by atoms with E-state index in [1.807, 2.05) is 20.9 Å². The molecule has 2 rings (SSSR count). The highest BCUT2D eigenvalue weighted by molar-refractivity contribution is 5.99. The standard InChI is InChI=1S/C26H40F3N3O5/c1-17-15-32(18(2)16-33)25(35)21-13-20(31-24(34)10-11-26(27,28)29)8-9-22(21)37-19(3)7-5-6-12-36-23(17)14-30-4/h8-9,13,17-19,23,30,33H,5-7,10-12,14-16H2,1-4H3,(H,31,34)/t17-,18-,19+,23+/m1/s1. The summed E-state index contributed by atoms with van der Waals surface area (Å²) in [7, 11) is 1.83. The van der Waals surface area contributed by atoms with E-state index in [9.17, 15) is 27.9 Å². The predicted octanol–water partition coefficient (Wildman–Crippen LogP) is 3.98. The summed E-state index contributed by atoms with van der Waals surface area (Å²) in [4.78, 5) is 27.5. The second kappa shape index (κ2) is 14.5. The molecule has 0 spiro atoms. The largest absolute Gasteiger partial charge is 0.490 e. The van der Waals surface area contributed by atoms with Gasteiger partial charge in [-0.15, -0.1) is 0 Å². The van der Waals surface area contributed by atoms with Crippen LogP contribution in [0, 0.1) is 5.92 Å². The average molecular weight is 532 g/mol. The van der Waals surface area contributed by atoms with Crippen LogP contribution >= 0.6 is 0 Å². The maximum Gasteiger partial charge on any atom is 0.389 e. The first-order chi connectivity index (χ1) is 17.4. The van der Waals surface area contributed by atoms with Crippen molar-refractivity contribution in [1.82, 2.24) is 10.2 Å². The van der Waals surface area contributed by atoms with Crippen LogP contribution in [0.25, 0.3) is 0 Å².